The SMILES string of the molecule is O=C(CC[C@@H]1CCCN(C(=O)CCC2CCCCC2)C1)N1CCN(c2ccccn2)CC1. The molecule has 3 aliphatic rings. The van der Waals surface area contributed by atoms with E-state index in [1.165, 1.54) is 32.1 Å². The van der Waals surface area contributed by atoms with Crippen molar-refractivity contribution in [2.24, 2.45) is 11.8 Å². The van der Waals surface area contributed by atoms with Crippen LogP contribution in [0, 0.1) is 11.8 Å². The monoisotopic (exact) mass is 440 g/mol. The van der Waals surface area contributed by atoms with E-state index >= 15 is 0 Å². The zero-order valence-electron chi connectivity index (χ0n) is 19.6. The number of piperazine rings is 1. The summed E-state index contributed by atoms with van der Waals surface area (Å²) < 4.78 is 0. The molecule has 3 fully saturated rings. The number of carbonyl (C=O) groups excluding carboxylic acids is 2. The minimum Gasteiger partial charge on any atom is -0.353 e. The maximum absolute atomic E-state index is 12.8. The van der Waals surface area contributed by atoms with Crippen molar-refractivity contribution < 1.29 is 9.59 Å². The van der Waals surface area contributed by atoms with Crippen molar-refractivity contribution in [1.82, 2.24) is 14.8 Å². The molecule has 2 saturated heterocycles. The summed E-state index contributed by atoms with van der Waals surface area (Å²) in [5.74, 6) is 2.85. The number of anilines is 1. The summed E-state index contributed by atoms with van der Waals surface area (Å²) in [6.45, 7) is 4.98. The number of piperidine rings is 1. The van der Waals surface area contributed by atoms with E-state index < -0.39 is 0 Å². The normalized spacial score (nSPS) is 22.8. The van der Waals surface area contributed by atoms with E-state index in [-0.39, 0.29) is 5.91 Å². The second-order valence-electron chi connectivity index (χ2n) is 9.99. The number of amides is 2. The van der Waals surface area contributed by atoms with Gasteiger partial charge in [-0.05, 0) is 49.7 Å². The first-order valence-corrected chi connectivity index (χ1v) is 12.9. The largest absolute Gasteiger partial charge is 0.353 e. The standard InChI is InChI=1S/C26H40N4O2/c31-25(29-19-17-28(18-20-29)24-10-4-5-15-27-24)14-12-23-9-6-16-30(21-23)26(32)13-11-22-7-2-1-3-8-22/h4-5,10,15,22-23H,1-3,6-9,11-14,16-21H2/t23-/m0/s1. The van der Waals surface area contributed by atoms with Gasteiger partial charge in [0.25, 0.3) is 0 Å². The third-order valence-electron chi connectivity index (χ3n) is 7.73. The van der Waals surface area contributed by atoms with Crippen molar-refractivity contribution in [3.63, 3.8) is 0 Å². The lowest BCUT2D eigenvalue weighted by Gasteiger charge is -2.36. The van der Waals surface area contributed by atoms with Gasteiger partial charge in [0.2, 0.25) is 11.8 Å². The van der Waals surface area contributed by atoms with Gasteiger partial charge in [-0.15, -0.1) is 0 Å². The van der Waals surface area contributed by atoms with Crippen molar-refractivity contribution in [2.75, 3.05) is 44.2 Å². The molecule has 176 valence electrons. The van der Waals surface area contributed by atoms with E-state index in [4.69, 9.17) is 0 Å². The Labute approximate surface area is 193 Å². The van der Waals surface area contributed by atoms with E-state index in [2.05, 4.69) is 14.8 Å². The van der Waals surface area contributed by atoms with E-state index in [0.717, 1.165) is 83.1 Å². The van der Waals surface area contributed by atoms with Crippen LogP contribution in [0.15, 0.2) is 24.4 Å². The van der Waals surface area contributed by atoms with Crippen LogP contribution < -0.4 is 4.90 Å². The molecule has 0 spiro atoms. The molecule has 32 heavy (non-hydrogen) atoms. The molecular formula is C26H40N4O2. The van der Waals surface area contributed by atoms with Gasteiger partial charge >= 0.3 is 0 Å². The maximum atomic E-state index is 12.8. The minimum absolute atomic E-state index is 0.270. The maximum Gasteiger partial charge on any atom is 0.222 e. The van der Waals surface area contributed by atoms with Crippen LogP contribution in [0.5, 0.6) is 0 Å². The van der Waals surface area contributed by atoms with Gasteiger partial charge in [-0.2, -0.15) is 0 Å². The summed E-state index contributed by atoms with van der Waals surface area (Å²) in [5, 5.41) is 0. The predicted molar refractivity (Wildman–Crippen MR) is 127 cm³/mol. The van der Waals surface area contributed by atoms with Crippen LogP contribution in [0.1, 0.15) is 70.6 Å². The molecule has 1 saturated carbocycles. The molecule has 0 unspecified atom stereocenters. The van der Waals surface area contributed by atoms with Crippen LogP contribution in [0.25, 0.3) is 0 Å². The highest BCUT2D eigenvalue weighted by molar-refractivity contribution is 5.77. The number of hydrogen-bond acceptors (Lipinski definition) is 4. The average molecular weight is 441 g/mol. The van der Waals surface area contributed by atoms with Gasteiger partial charge in [-0.1, -0.05) is 38.2 Å². The molecule has 6 nitrogen and oxygen atoms in total. The van der Waals surface area contributed by atoms with Crippen LogP contribution in [-0.2, 0) is 9.59 Å². The highest BCUT2D eigenvalue weighted by atomic mass is 16.2. The summed E-state index contributed by atoms with van der Waals surface area (Å²) in [6.07, 6.45) is 14.0. The second kappa shape index (κ2) is 11.7. The number of pyridine rings is 1. The molecule has 0 N–H and O–H groups in total. The first kappa shape index (κ1) is 23.1. The molecule has 6 heteroatoms. The summed E-state index contributed by atoms with van der Waals surface area (Å²) in [5.41, 5.74) is 0. The number of nitrogens with zero attached hydrogens (tertiary/aromatic N) is 4. The van der Waals surface area contributed by atoms with Gasteiger partial charge in [0, 0.05) is 58.3 Å². The molecule has 3 heterocycles. The summed E-state index contributed by atoms with van der Waals surface area (Å²) in [7, 11) is 0. The Morgan fingerprint density at radius 1 is 0.781 bits per heavy atom. The first-order valence-electron chi connectivity index (χ1n) is 12.9. The van der Waals surface area contributed by atoms with Gasteiger partial charge in [-0.25, -0.2) is 4.98 Å². The van der Waals surface area contributed by atoms with Gasteiger partial charge in [0.15, 0.2) is 0 Å². The zero-order chi connectivity index (χ0) is 22.2. The molecule has 0 aromatic carbocycles. The second-order valence-corrected chi connectivity index (χ2v) is 9.99. The fraction of sp³-hybridized carbons (Fsp3) is 0.731. The third-order valence-corrected chi connectivity index (χ3v) is 7.73. The van der Waals surface area contributed by atoms with Gasteiger partial charge in [0.05, 0.1) is 0 Å². The van der Waals surface area contributed by atoms with Gasteiger partial charge in [0.1, 0.15) is 5.82 Å². The average Bonchev–Trinajstić information content (AvgIpc) is 2.87. The van der Waals surface area contributed by atoms with E-state index in [1.54, 1.807) is 0 Å². The van der Waals surface area contributed by atoms with Crippen LogP contribution in [0.2, 0.25) is 0 Å². The van der Waals surface area contributed by atoms with Gasteiger partial charge in [-0.3, -0.25) is 9.59 Å². The molecule has 1 aromatic rings. The van der Waals surface area contributed by atoms with Crippen molar-refractivity contribution >= 4 is 17.6 Å². The number of likely N-dealkylation sites (tertiary alicyclic amines) is 1. The van der Waals surface area contributed by atoms with Crippen molar-refractivity contribution in [2.45, 2.75) is 70.6 Å². The van der Waals surface area contributed by atoms with E-state index in [0.29, 0.717) is 18.2 Å². The zero-order valence-corrected chi connectivity index (χ0v) is 19.6. The summed E-state index contributed by atoms with van der Waals surface area (Å²) in [4.78, 5) is 36.3. The lowest BCUT2D eigenvalue weighted by molar-refractivity contribution is -0.133. The Kier molecular flexibility index (Phi) is 8.41. The molecular weight excluding hydrogens is 400 g/mol. The highest BCUT2D eigenvalue weighted by Crippen LogP contribution is 2.28. The van der Waals surface area contributed by atoms with Crippen molar-refractivity contribution in [3.8, 4) is 0 Å². The van der Waals surface area contributed by atoms with Crippen LogP contribution in [-0.4, -0.2) is 65.9 Å². The first-order chi connectivity index (χ1) is 15.7. The molecule has 2 aliphatic heterocycles. The van der Waals surface area contributed by atoms with Gasteiger partial charge < -0.3 is 14.7 Å². The van der Waals surface area contributed by atoms with E-state index in [1.807, 2.05) is 29.3 Å². The third kappa shape index (κ3) is 6.46. The number of hydrogen-bond donors (Lipinski definition) is 0. The quantitative estimate of drug-likeness (QED) is 0.640. The smallest absolute Gasteiger partial charge is 0.222 e. The summed E-state index contributed by atoms with van der Waals surface area (Å²) >= 11 is 0. The fourth-order valence-corrected chi connectivity index (χ4v) is 5.70. The number of carbonyl (C=O) groups is 2. The number of rotatable bonds is 7. The molecule has 1 aromatic heterocycles. The Morgan fingerprint density at radius 2 is 1.47 bits per heavy atom. The lowest BCUT2D eigenvalue weighted by atomic mass is 9.86. The molecule has 1 atom stereocenters. The number of aromatic nitrogens is 1. The molecule has 4 rings (SSSR count). The van der Waals surface area contributed by atoms with Crippen LogP contribution in [0.4, 0.5) is 5.82 Å². The molecule has 1 aliphatic carbocycles. The predicted octanol–water partition coefficient (Wildman–Crippen LogP) is 4.11. The fourth-order valence-electron chi connectivity index (χ4n) is 5.70. The van der Waals surface area contributed by atoms with Crippen molar-refractivity contribution in [1.29, 1.82) is 0 Å². The van der Waals surface area contributed by atoms with Crippen LogP contribution in [0.3, 0.4) is 0 Å². The topological polar surface area (TPSA) is 56.8 Å². The lowest BCUT2D eigenvalue weighted by Crippen LogP contribution is -2.49. The van der Waals surface area contributed by atoms with E-state index in [9.17, 15) is 9.59 Å². The Hall–Kier alpha value is -2.11. The molecule has 0 bridgehead atoms. The Balaban J connectivity index is 1.15. The molecule has 2 amide bonds. The van der Waals surface area contributed by atoms with Crippen LogP contribution >= 0.6 is 0 Å². The Morgan fingerprint density at radius 3 is 2.19 bits per heavy atom. The highest BCUT2D eigenvalue weighted by Gasteiger charge is 2.27. The Bertz CT molecular complexity index is 727. The van der Waals surface area contributed by atoms with Crippen molar-refractivity contribution in [3.05, 3.63) is 24.4 Å². The summed E-state index contributed by atoms with van der Waals surface area (Å²) in [6, 6.07) is 5.97. The molecule has 0 radical (unpaired) electrons. The minimum atomic E-state index is 0.270.